The van der Waals surface area contributed by atoms with Crippen molar-refractivity contribution >= 4 is 5.82 Å². The highest BCUT2D eigenvalue weighted by atomic mass is 15.2. The third-order valence-electron chi connectivity index (χ3n) is 3.22. The first-order valence-corrected chi connectivity index (χ1v) is 7.62. The Hall–Kier alpha value is -1.13. The van der Waals surface area contributed by atoms with Crippen LogP contribution in [0, 0.1) is 0 Å². The summed E-state index contributed by atoms with van der Waals surface area (Å²) in [6.07, 6.45) is 1.16. The normalized spacial score (nSPS) is 11.3. The fourth-order valence-corrected chi connectivity index (χ4v) is 2.06. The van der Waals surface area contributed by atoms with Gasteiger partial charge in [0, 0.05) is 25.7 Å². The Kier molecular flexibility index (Phi) is 7.55. The molecule has 0 aliphatic rings. The molecule has 0 aromatic carbocycles. The van der Waals surface area contributed by atoms with Crippen LogP contribution in [-0.2, 0) is 6.54 Å². The van der Waals surface area contributed by atoms with Crippen molar-refractivity contribution in [3.05, 3.63) is 23.9 Å². The minimum Gasteiger partial charge on any atom is -0.357 e. The maximum atomic E-state index is 4.76. The van der Waals surface area contributed by atoms with Gasteiger partial charge in [-0.25, -0.2) is 4.98 Å². The molecule has 0 fully saturated rings. The lowest BCUT2D eigenvalue weighted by Crippen LogP contribution is -2.28. The molecule has 114 valence electrons. The van der Waals surface area contributed by atoms with Gasteiger partial charge in [-0.05, 0) is 46.1 Å². The van der Waals surface area contributed by atoms with Crippen LogP contribution in [-0.4, -0.2) is 49.7 Å². The summed E-state index contributed by atoms with van der Waals surface area (Å²) in [6.45, 7) is 10.5. The van der Waals surface area contributed by atoms with Gasteiger partial charge in [-0.15, -0.1) is 0 Å². The van der Waals surface area contributed by atoms with E-state index in [0.29, 0.717) is 6.04 Å². The second-order valence-corrected chi connectivity index (χ2v) is 5.76. The Morgan fingerprint density at radius 3 is 2.55 bits per heavy atom. The molecule has 1 heterocycles. The van der Waals surface area contributed by atoms with Crippen LogP contribution in [0.25, 0.3) is 0 Å². The fraction of sp³-hybridized carbons (Fsp3) is 0.688. The maximum absolute atomic E-state index is 4.76. The van der Waals surface area contributed by atoms with Crippen LogP contribution in [0.15, 0.2) is 18.2 Å². The van der Waals surface area contributed by atoms with Crippen molar-refractivity contribution in [1.29, 1.82) is 0 Å². The van der Waals surface area contributed by atoms with Gasteiger partial charge in [0.1, 0.15) is 5.82 Å². The first-order chi connectivity index (χ1) is 9.52. The zero-order chi connectivity index (χ0) is 15.0. The van der Waals surface area contributed by atoms with Crippen molar-refractivity contribution < 1.29 is 0 Å². The van der Waals surface area contributed by atoms with Crippen LogP contribution < -0.4 is 10.2 Å². The number of nitrogens with one attached hydrogen (secondary N) is 1. The molecule has 1 rings (SSSR count). The van der Waals surface area contributed by atoms with Crippen LogP contribution in [0.2, 0.25) is 0 Å². The third kappa shape index (κ3) is 6.35. The maximum Gasteiger partial charge on any atom is 0.128 e. The number of nitrogens with zero attached hydrogens (tertiary/aromatic N) is 3. The molecule has 0 spiro atoms. The van der Waals surface area contributed by atoms with Gasteiger partial charge >= 0.3 is 0 Å². The van der Waals surface area contributed by atoms with Gasteiger partial charge in [0.05, 0.1) is 5.69 Å². The monoisotopic (exact) mass is 278 g/mol. The van der Waals surface area contributed by atoms with Gasteiger partial charge < -0.3 is 15.1 Å². The average Bonchev–Trinajstić information content (AvgIpc) is 2.41. The quantitative estimate of drug-likeness (QED) is 0.751. The predicted molar refractivity (Wildman–Crippen MR) is 87.3 cm³/mol. The van der Waals surface area contributed by atoms with Crippen molar-refractivity contribution in [2.24, 2.45) is 0 Å². The Morgan fingerprint density at radius 2 is 1.95 bits per heavy atom. The van der Waals surface area contributed by atoms with Crippen LogP contribution >= 0.6 is 0 Å². The number of anilines is 1. The topological polar surface area (TPSA) is 31.4 Å². The lowest BCUT2D eigenvalue weighted by Gasteiger charge is -2.23. The summed E-state index contributed by atoms with van der Waals surface area (Å²) in [4.78, 5) is 9.34. The van der Waals surface area contributed by atoms with Gasteiger partial charge in [-0.2, -0.15) is 0 Å². The van der Waals surface area contributed by atoms with E-state index < -0.39 is 0 Å². The molecule has 0 bridgehead atoms. The van der Waals surface area contributed by atoms with Crippen LogP contribution in [0.5, 0.6) is 0 Å². The van der Waals surface area contributed by atoms with Gasteiger partial charge in [-0.1, -0.05) is 19.9 Å². The molecule has 4 nitrogen and oxygen atoms in total. The van der Waals surface area contributed by atoms with E-state index in [1.54, 1.807) is 0 Å². The van der Waals surface area contributed by atoms with Gasteiger partial charge in [0.2, 0.25) is 0 Å². The molecule has 0 aliphatic heterocycles. The summed E-state index contributed by atoms with van der Waals surface area (Å²) in [5.74, 6) is 1.09. The largest absolute Gasteiger partial charge is 0.357 e. The molecule has 20 heavy (non-hydrogen) atoms. The summed E-state index contributed by atoms with van der Waals surface area (Å²) in [6, 6.07) is 6.79. The van der Waals surface area contributed by atoms with Crippen molar-refractivity contribution in [3.8, 4) is 0 Å². The van der Waals surface area contributed by atoms with E-state index >= 15 is 0 Å². The predicted octanol–water partition coefficient (Wildman–Crippen LogP) is 2.36. The van der Waals surface area contributed by atoms with E-state index in [-0.39, 0.29) is 0 Å². The Labute approximate surface area is 124 Å². The third-order valence-corrected chi connectivity index (χ3v) is 3.22. The molecule has 1 N–H and O–H groups in total. The van der Waals surface area contributed by atoms with Crippen LogP contribution in [0.4, 0.5) is 5.82 Å². The van der Waals surface area contributed by atoms with Crippen molar-refractivity contribution in [1.82, 2.24) is 15.2 Å². The number of hydrogen-bond donors (Lipinski definition) is 1. The molecule has 0 radical (unpaired) electrons. The molecule has 4 heteroatoms. The Balaban J connectivity index is 2.60. The smallest absolute Gasteiger partial charge is 0.128 e. The van der Waals surface area contributed by atoms with Gasteiger partial charge in [0.25, 0.3) is 0 Å². The highest BCUT2D eigenvalue weighted by Crippen LogP contribution is 2.12. The SMILES string of the molecule is CCN(CCCN(C)C)c1cccc(CNC(C)C)n1. The van der Waals surface area contributed by atoms with Crippen molar-refractivity contribution in [2.75, 3.05) is 38.6 Å². The minimum atomic E-state index is 0.489. The first kappa shape index (κ1) is 16.9. The zero-order valence-electron chi connectivity index (χ0n) is 13.7. The molecule has 1 aromatic heterocycles. The standard InChI is InChI=1S/C16H30N4/c1-6-20(12-8-11-19(4)5)16-10-7-9-15(18-16)13-17-14(2)3/h7,9-10,14,17H,6,8,11-13H2,1-5H3. The van der Waals surface area contributed by atoms with E-state index in [2.05, 4.69) is 68.2 Å². The second-order valence-electron chi connectivity index (χ2n) is 5.76. The Morgan fingerprint density at radius 1 is 1.20 bits per heavy atom. The molecule has 0 unspecified atom stereocenters. The van der Waals surface area contributed by atoms with Crippen molar-refractivity contribution in [3.63, 3.8) is 0 Å². The molecular formula is C16H30N4. The summed E-state index contributed by atoms with van der Waals surface area (Å²) < 4.78 is 0. The molecule has 0 atom stereocenters. The Bertz CT molecular complexity index is 376. The van der Waals surface area contributed by atoms with Crippen molar-refractivity contribution in [2.45, 2.75) is 39.8 Å². The zero-order valence-corrected chi connectivity index (χ0v) is 13.7. The summed E-state index contributed by atoms with van der Waals surface area (Å²) in [5, 5.41) is 3.42. The molecule has 0 amide bonds. The lowest BCUT2D eigenvalue weighted by atomic mass is 10.3. The van der Waals surface area contributed by atoms with Crippen LogP contribution in [0.3, 0.4) is 0 Å². The van der Waals surface area contributed by atoms with Gasteiger partial charge in [0.15, 0.2) is 0 Å². The molecule has 1 aromatic rings. The van der Waals surface area contributed by atoms with Gasteiger partial charge in [-0.3, -0.25) is 0 Å². The summed E-state index contributed by atoms with van der Waals surface area (Å²) >= 11 is 0. The highest BCUT2D eigenvalue weighted by molar-refractivity contribution is 5.39. The van der Waals surface area contributed by atoms with E-state index in [9.17, 15) is 0 Å². The fourth-order valence-electron chi connectivity index (χ4n) is 2.06. The minimum absolute atomic E-state index is 0.489. The van der Waals surface area contributed by atoms with E-state index in [1.165, 1.54) is 0 Å². The molecule has 0 saturated carbocycles. The second kappa shape index (κ2) is 8.93. The molecule has 0 saturated heterocycles. The average molecular weight is 278 g/mol. The summed E-state index contributed by atoms with van der Waals surface area (Å²) in [7, 11) is 4.24. The van der Waals surface area contributed by atoms with Crippen LogP contribution in [0.1, 0.15) is 32.9 Å². The molecular weight excluding hydrogens is 248 g/mol. The first-order valence-electron chi connectivity index (χ1n) is 7.62. The number of rotatable bonds is 9. The van der Waals surface area contributed by atoms with E-state index in [1.807, 2.05) is 0 Å². The van der Waals surface area contributed by atoms with E-state index in [0.717, 1.165) is 44.1 Å². The number of pyridine rings is 1. The molecule has 0 aliphatic carbocycles. The van der Waals surface area contributed by atoms with E-state index in [4.69, 9.17) is 4.98 Å². The lowest BCUT2D eigenvalue weighted by molar-refractivity contribution is 0.400. The highest BCUT2D eigenvalue weighted by Gasteiger charge is 2.07. The summed E-state index contributed by atoms with van der Waals surface area (Å²) in [5.41, 5.74) is 1.11. The number of hydrogen-bond acceptors (Lipinski definition) is 4. The number of aromatic nitrogens is 1.